The first-order valence-corrected chi connectivity index (χ1v) is 9.29. The molecule has 0 aliphatic heterocycles. The van der Waals surface area contributed by atoms with E-state index in [-0.39, 0.29) is 12.2 Å². The maximum absolute atomic E-state index is 12.2. The molecule has 0 atom stereocenters. The monoisotopic (exact) mass is 376 g/mol. The number of phenolic OH excluding ortho intramolecular Hbond substituents is 1. The minimum atomic E-state index is -0.478. The number of hydrogen-bond donors (Lipinski definition) is 1. The first-order chi connectivity index (χ1) is 12.4. The molecule has 0 fully saturated rings. The van der Waals surface area contributed by atoms with Gasteiger partial charge in [-0.1, -0.05) is 44.4 Å². The van der Waals surface area contributed by atoms with Crippen LogP contribution < -0.4 is 4.89 Å². The topological polar surface area (TPSA) is 55.8 Å². The molecule has 26 heavy (non-hydrogen) atoms. The summed E-state index contributed by atoms with van der Waals surface area (Å²) in [6.07, 6.45) is 3.35. The fraction of sp³-hybridized carbons (Fsp3) is 0.381. The van der Waals surface area contributed by atoms with Crippen molar-refractivity contribution < 1.29 is 19.7 Å². The van der Waals surface area contributed by atoms with Crippen molar-refractivity contribution in [3.8, 4) is 11.5 Å². The van der Waals surface area contributed by atoms with Gasteiger partial charge in [-0.15, -0.1) is 0 Å². The standard InChI is InChI=1S/C21H25ClO4/c1-4-6-16-11-19(23)12-17(7-5-2)21(16)26-25-20(24)13-15-8-9-18(22)10-14(15)3/h8-12,23H,4-7,13H2,1-3H3. The Balaban J connectivity index is 2.13. The van der Waals surface area contributed by atoms with Gasteiger partial charge in [-0.3, -0.25) is 9.78 Å². The van der Waals surface area contributed by atoms with E-state index in [1.54, 1.807) is 18.2 Å². The molecule has 0 saturated heterocycles. The van der Waals surface area contributed by atoms with Gasteiger partial charge >= 0.3 is 5.97 Å². The molecule has 0 bridgehead atoms. The minimum absolute atomic E-state index is 0.104. The lowest BCUT2D eigenvalue weighted by Crippen LogP contribution is -2.13. The van der Waals surface area contributed by atoms with Gasteiger partial charge in [-0.2, -0.15) is 0 Å². The molecule has 4 nitrogen and oxygen atoms in total. The maximum Gasteiger partial charge on any atom is 0.359 e. The van der Waals surface area contributed by atoms with Crippen molar-refractivity contribution >= 4 is 17.6 Å². The van der Waals surface area contributed by atoms with Crippen molar-refractivity contribution in [3.63, 3.8) is 0 Å². The van der Waals surface area contributed by atoms with Gasteiger partial charge in [0.2, 0.25) is 0 Å². The van der Waals surface area contributed by atoms with Gasteiger partial charge in [0.25, 0.3) is 0 Å². The Kier molecular flexibility index (Phi) is 7.34. The molecule has 2 aromatic carbocycles. The molecular weight excluding hydrogens is 352 g/mol. The normalized spacial score (nSPS) is 10.6. The van der Waals surface area contributed by atoms with Crippen LogP contribution in [0.25, 0.3) is 0 Å². The SMILES string of the molecule is CCCc1cc(O)cc(CCC)c1OOC(=O)Cc1ccc(Cl)cc1C. The second kappa shape index (κ2) is 9.48. The third-order valence-electron chi connectivity index (χ3n) is 4.12. The van der Waals surface area contributed by atoms with Crippen LogP contribution in [0.4, 0.5) is 0 Å². The Bertz CT molecular complexity index is 744. The summed E-state index contributed by atoms with van der Waals surface area (Å²) in [6, 6.07) is 8.69. The number of hydrogen-bond acceptors (Lipinski definition) is 4. The second-order valence-electron chi connectivity index (χ2n) is 6.38. The van der Waals surface area contributed by atoms with Gasteiger partial charge in [-0.05, 0) is 55.2 Å². The highest BCUT2D eigenvalue weighted by atomic mass is 35.5. The summed E-state index contributed by atoms with van der Waals surface area (Å²) in [5.74, 6) is 0.258. The smallest absolute Gasteiger partial charge is 0.359 e. The Hall–Kier alpha value is -2.20. The number of phenols is 1. The van der Waals surface area contributed by atoms with Crippen molar-refractivity contribution in [2.75, 3.05) is 0 Å². The van der Waals surface area contributed by atoms with Crippen molar-refractivity contribution in [3.05, 3.63) is 57.6 Å². The van der Waals surface area contributed by atoms with Gasteiger partial charge in [-0.25, -0.2) is 4.79 Å². The summed E-state index contributed by atoms with van der Waals surface area (Å²) in [4.78, 5) is 22.7. The number of aryl methyl sites for hydroxylation is 3. The molecule has 0 amide bonds. The van der Waals surface area contributed by atoms with E-state index < -0.39 is 5.97 Å². The van der Waals surface area contributed by atoms with E-state index in [0.717, 1.165) is 47.9 Å². The second-order valence-corrected chi connectivity index (χ2v) is 6.82. The van der Waals surface area contributed by atoms with Crippen LogP contribution in [0, 0.1) is 6.92 Å². The lowest BCUT2D eigenvalue weighted by Gasteiger charge is -2.14. The summed E-state index contributed by atoms with van der Waals surface area (Å²) in [5.41, 5.74) is 3.45. The highest BCUT2D eigenvalue weighted by molar-refractivity contribution is 6.30. The Morgan fingerprint density at radius 3 is 2.19 bits per heavy atom. The fourth-order valence-electron chi connectivity index (χ4n) is 2.88. The van der Waals surface area contributed by atoms with E-state index in [0.29, 0.717) is 10.8 Å². The minimum Gasteiger partial charge on any atom is -0.508 e. The largest absolute Gasteiger partial charge is 0.508 e. The fourth-order valence-corrected chi connectivity index (χ4v) is 3.11. The van der Waals surface area contributed by atoms with Crippen LogP contribution in [0.15, 0.2) is 30.3 Å². The van der Waals surface area contributed by atoms with Gasteiger partial charge in [0.15, 0.2) is 5.75 Å². The number of carbonyl (C=O) groups excluding carboxylic acids is 1. The predicted octanol–water partition coefficient (Wildman–Crippen LogP) is 5.34. The predicted molar refractivity (Wildman–Crippen MR) is 103 cm³/mol. The molecule has 0 heterocycles. The van der Waals surface area contributed by atoms with Gasteiger partial charge in [0.05, 0.1) is 6.42 Å². The van der Waals surface area contributed by atoms with E-state index in [4.69, 9.17) is 21.4 Å². The van der Waals surface area contributed by atoms with Crippen LogP contribution in [-0.2, 0) is 28.9 Å². The van der Waals surface area contributed by atoms with E-state index in [2.05, 4.69) is 0 Å². The van der Waals surface area contributed by atoms with Crippen LogP contribution >= 0.6 is 11.6 Å². The first-order valence-electron chi connectivity index (χ1n) is 8.91. The van der Waals surface area contributed by atoms with Crippen molar-refractivity contribution in [2.45, 2.75) is 52.9 Å². The van der Waals surface area contributed by atoms with Crippen LogP contribution in [0.1, 0.15) is 48.9 Å². The number of aromatic hydroxyl groups is 1. The van der Waals surface area contributed by atoms with Gasteiger partial charge in [0.1, 0.15) is 5.75 Å². The Labute approximate surface area is 159 Å². The average Bonchev–Trinajstić information content (AvgIpc) is 2.57. The van der Waals surface area contributed by atoms with Crippen LogP contribution in [0.5, 0.6) is 11.5 Å². The molecule has 2 aromatic rings. The highest BCUT2D eigenvalue weighted by Gasteiger charge is 2.16. The Morgan fingerprint density at radius 1 is 1.04 bits per heavy atom. The summed E-state index contributed by atoms with van der Waals surface area (Å²) in [5, 5.41) is 10.6. The number of carbonyl (C=O) groups is 1. The van der Waals surface area contributed by atoms with Crippen molar-refractivity contribution in [1.82, 2.24) is 0 Å². The highest BCUT2D eigenvalue weighted by Crippen LogP contribution is 2.31. The summed E-state index contributed by atoms with van der Waals surface area (Å²) < 4.78 is 0. The van der Waals surface area contributed by atoms with Gasteiger partial charge < -0.3 is 5.11 Å². The quantitative estimate of drug-likeness (QED) is 0.499. The van der Waals surface area contributed by atoms with Crippen LogP contribution in [0.3, 0.4) is 0 Å². The van der Waals surface area contributed by atoms with E-state index in [1.807, 2.05) is 32.9 Å². The third-order valence-corrected chi connectivity index (χ3v) is 4.36. The first kappa shape index (κ1) is 20.1. The van der Waals surface area contributed by atoms with Gasteiger partial charge in [0, 0.05) is 16.1 Å². The van der Waals surface area contributed by atoms with Crippen molar-refractivity contribution in [2.24, 2.45) is 0 Å². The number of benzene rings is 2. The summed E-state index contributed by atoms with van der Waals surface area (Å²) >= 11 is 5.94. The van der Waals surface area contributed by atoms with Crippen LogP contribution in [-0.4, -0.2) is 11.1 Å². The Morgan fingerprint density at radius 2 is 1.65 bits per heavy atom. The van der Waals surface area contributed by atoms with Crippen LogP contribution in [0.2, 0.25) is 5.02 Å². The molecule has 0 aliphatic carbocycles. The number of halogens is 1. The molecule has 0 spiro atoms. The lowest BCUT2D eigenvalue weighted by molar-refractivity contribution is -0.213. The lowest BCUT2D eigenvalue weighted by atomic mass is 10.0. The van der Waals surface area contributed by atoms with E-state index >= 15 is 0 Å². The average molecular weight is 377 g/mol. The molecular formula is C21H25ClO4. The molecule has 0 aliphatic rings. The van der Waals surface area contributed by atoms with Crippen molar-refractivity contribution in [1.29, 1.82) is 0 Å². The van der Waals surface area contributed by atoms with E-state index in [9.17, 15) is 9.90 Å². The molecule has 2 rings (SSSR count). The molecule has 0 aromatic heterocycles. The number of rotatable bonds is 8. The molecule has 140 valence electrons. The zero-order valence-electron chi connectivity index (χ0n) is 15.5. The molecule has 5 heteroatoms. The summed E-state index contributed by atoms with van der Waals surface area (Å²) in [7, 11) is 0. The summed E-state index contributed by atoms with van der Waals surface area (Å²) in [6.45, 7) is 5.99. The zero-order chi connectivity index (χ0) is 19.1. The maximum atomic E-state index is 12.2. The molecule has 1 N–H and O–H groups in total. The zero-order valence-corrected chi connectivity index (χ0v) is 16.2. The molecule has 0 unspecified atom stereocenters. The molecule has 0 radical (unpaired) electrons. The third kappa shape index (κ3) is 5.40. The van der Waals surface area contributed by atoms with E-state index in [1.165, 1.54) is 0 Å². The molecule has 0 saturated carbocycles.